The predicted molar refractivity (Wildman–Crippen MR) is 68.3 cm³/mol. The summed E-state index contributed by atoms with van der Waals surface area (Å²) in [6, 6.07) is 1.35. The Morgan fingerprint density at radius 2 is 1.71 bits per heavy atom. The van der Waals surface area contributed by atoms with Gasteiger partial charge in [0.15, 0.2) is 0 Å². The third kappa shape index (κ3) is 3.91. The van der Waals surface area contributed by atoms with Crippen molar-refractivity contribution in [2.24, 2.45) is 0 Å². The van der Waals surface area contributed by atoms with E-state index < -0.39 is 0 Å². The Balaban J connectivity index is 1.74. The second-order valence-electron chi connectivity index (χ2n) is 5.28. The quantitative estimate of drug-likeness (QED) is 0.728. The molecule has 0 unspecified atom stereocenters. The van der Waals surface area contributed by atoms with Gasteiger partial charge in [0.2, 0.25) is 0 Å². The first kappa shape index (κ1) is 13.3. The third-order valence-corrected chi connectivity index (χ3v) is 4.04. The summed E-state index contributed by atoms with van der Waals surface area (Å²) in [4.78, 5) is 5.06. The van der Waals surface area contributed by atoms with Gasteiger partial charge < -0.3 is 14.4 Å². The average Bonchev–Trinajstić information content (AvgIpc) is 2.40. The lowest BCUT2D eigenvalue weighted by atomic mass is 10.1. The largest absolute Gasteiger partial charge is 0.381 e. The molecule has 4 nitrogen and oxygen atoms in total. The lowest BCUT2D eigenvalue weighted by Gasteiger charge is -2.38. The average molecular weight is 242 g/mol. The molecule has 0 aliphatic carbocycles. The van der Waals surface area contributed by atoms with Crippen molar-refractivity contribution in [3.8, 4) is 0 Å². The van der Waals surface area contributed by atoms with Gasteiger partial charge in [-0.25, -0.2) is 0 Å². The van der Waals surface area contributed by atoms with E-state index in [-0.39, 0.29) is 0 Å². The minimum atomic E-state index is 0.631. The maximum absolute atomic E-state index is 5.42. The molecule has 0 saturated carbocycles. The molecule has 0 radical (unpaired) electrons. The summed E-state index contributed by atoms with van der Waals surface area (Å²) < 4.78 is 10.8. The second-order valence-corrected chi connectivity index (χ2v) is 5.28. The molecule has 1 atom stereocenters. The van der Waals surface area contributed by atoms with Crippen LogP contribution in [0.5, 0.6) is 0 Å². The van der Waals surface area contributed by atoms with Gasteiger partial charge in [-0.15, -0.1) is 0 Å². The van der Waals surface area contributed by atoms with E-state index in [0.717, 1.165) is 46.1 Å². The van der Waals surface area contributed by atoms with Crippen LogP contribution in [0.25, 0.3) is 0 Å². The summed E-state index contributed by atoms with van der Waals surface area (Å²) >= 11 is 0. The number of likely N-dealkylation sites (N-methyl/N-ethyl adjacent to an activating group) is 1. The molecule has 0 amide bonds. The highest BCUT2D eigenvalue weighted by atomic mass is 16.5. The minimum Gasteiger partial charge on any atom is -0.381 e. The molecule has 100 valence electrons. The molecule has 17 heavy (non-hydrogen) atoms. The smallest absolute Gasteiger partial charge is 0.0594 e. The fourth-order valence-corrected chi connectivity index (χ4v) is 2.83. The van der Waals surface area contributed by atoms with Crippen LogP contribution in [-0.4, -0.2) is 75.0 Å². The van der Waals surface area contributed by atoms with Crippen molar-refractivity contribution in [1.29, 1.82) is 0 Å². The maximum Gasteiger partial charge on any atom is 0.0594 e. The van der Waals surface area contributed by atoms with Crippen molar-refractivity contribution in [2.75, 3.05) is 53.1 Å². The van der Waals surface area contributed by atoms with Crippen LogP contribution in [0.15, 0.2) is 0 Å². The van der Waals surface area contributed by atoms with E-state index >= 15 is 0 Å². The molecule has 0 N–H and O–H groups in total. The number of nitrogens with zero attached hydrogens (tertiary/aromatic N) is 2. The first-order valence-corrected chi connectivity index (χ1v) is 6.87. The van der Waals surface area contributed by atoms with Crippen LogP contribution in [0.3, 0.4) is 0 Å². The molecule has 0 aromatic rings. The van der Waals surface area contributed by atoms with Crippen LogP contribution >= 0.6 is 0 Å². The molecule has 2 rings (SSSR count). The molecule has 0 aromatic carbocycles. The van der Waals surface area contributed by atoms with Gasteiger partial charge in [-0.3, -0.25) is 4.90 Å². The van der Waals surface area contributed by atoms with Crippen molar-refractivity contribution < 1.29 is 9.47 Å². The molecule has 0 aromatic heterocycles. The van der Waals surface area contributed by atoms with E-state index in [9.17, 15) is 0 Å². The standard InChI is InChI=1S/C13H26N2O2/c1-12(15-5-9-17-10-6-15)11-14(2)13-3-7-16-8-4-13/h12-13H,3-11H2,1-2H3/t12-/m1/s1. The van der Waals surface area contributed by atoms with Crippen molar-refractivity contribution in [3.05, 3.63) is 0 Å². The monoisotopic (exact) mass is 242 g/mol. The lowest BCUT2D eigenvalue weighted by Crippen LogP contribution is -2.49. The Bertz CT molecular complexity index is 191. The van der Waals surface area contributed by atoms with Crippen LogP contribution in [0.2, 0.25) is 0 Å². The van der Waals surface area contributed by atoms with E-state index in [1.54, 1.807) is 0 Å². The van der Waals surface area contributed by atoms with Crippen LogP contribution in [0, 0.1) is 0 Å². The molecule has 2 saturated heterocycles. The summed E-state index contributed by atoms with van der Waals surface area (Å²) in [5.41, 5.74) is 0. The zero-order chi connectivity index (χ0) is 12.1. The van der Waals surface area contributed by atoms with Crippen LogP contribution in [0.4, 0.5) is 0 Å². The summed E-state index contributed by atoms with van der Waals surface area (Å²) in [5.74, 6) is 0. The Hall–Kier alpha value is -0.160. The van der Waals surface area contributed by atoms with E-state index in [1.165, 1.54) is 12.8 Å². The van der Waals surface area contributed by atoms with Gasteiger partial charge in [0, 0.05) is 44.9 Å². The van der Waals surface area contributed by atoms with Crippen molar-refractivity contribution in [2.45, 2.75) is 31.8 Å². The highest BCUT2D eigenvalue weighted by Crippen LogP contribution is 2.14. The number of hydrogen-bond donors (Lipinski definition) is 0. The third-order valence-electron chi connectivity index (χ3n) is 4.04. The van der Waals surface area contributed by atoms with Crippen LogP contribution in [-0.2, 0) is 9.47 Å². The van der Waals surface area contributed by atoms with E-state index in [1.807, 2.05) is 0 Å². The van der Waals surface area contributed by atoms with E-state index in [4.69, 9.17) is 9.47 Å². The van der Waals surface area contributed by atoms with E-state index in [0.29, 0.717) is 12.1 Å². The fraction of sp³-hybridized carbons (Fsp3) is 1.00. The molecule has 0 spiro atoms. The topological polar surface area (TPSA) is 24.9 Å². The van der Waals surface area contributed by atoms with Gasteiger partial charge in [0.05, 0.1) is 13.2 Å². The number of hydrogen-bond acceptors (Lipinski definition) is 4. The SMILES string of the molecule is C[C@H](CN(C)C1CCOCC1)N1CCOCC1. The molecular formula is C13H26N2O2. The molecule has 2 fully saturated rings. The zero-order valence-corrected chi connectivity index (χ0v) is 11.2. The Morgan fingerprint density at radius 1 is 1.12 bits per heavy atom. The summed E-state index contributed by atoms with van der Waals surface area (Å²) in [5, 5.41) is 0. The molecule has 2 aliphatic heterocycles. The van der Waals surface area contributed by atoms with Gasteiger partial charge >= 0.3 is 0 Å². The first-order chi connectivity index (χ1) is 8.27. The Morgan fingerprint density at radius 3 is 2.35 bits per heavy atom. The zero-order valence-electron chi connectivity index (χ0n) is 11.2. The number of rotatable bonds is 4. The number of morpholine rings is 1. The van der Waals surface area contributed by atoms with E-state index in [2.05, 4.69) is 23.8 Å². The van der Waals surface area contributed by atoms with Gasteiger partial charge in [0.25, 0.3) is 0 Å². The number of ether oxygens (including phenoxy) is 2. The highest BCUT2D eigenvalue weighted by molar-refractivity contribution is 4.78. The Kier molecular flexibility index (Phi) is 5.22. The van der Waals surface area contributed by atoms with Crippen molar-refractivity contribution >= 4 is 0 Å². The maximum atomic E-state index is 5.42. The van der Waals surface area contributed by atoms with Crippen LogP contribution < -0.4 is 0 Å². The van der Waals surface area contributed by atoms with Gasteiger partial charge in [0.1, 0.15) is 0 Å². The molecular weight excluding hydrogens is 216 g/mol. The fourth-order valence-electron chi connectivity index (χ4n) is 2.83. The van der Waals surface area contributed by atoms with Gasteiger partial charge in [-0.1, -0.05) is 0 Å². The molecule has 2 aliphatic rings. The molecule has 4 heteroatoms. The summed E-state index contributed by atoms with van der Waals surface area (Å²) in [7, 11) is 2.26. The minimum absolute atomic E-state index is 0.631. The normalized spacial score (nSPS) is 26.3. The summed E-state index contributed by atoms with van der Waals surface area (Å²) in [6.45, 7) is 9.32. The van der Waals surface area contributed by atoms with Crippen molar-refractivity contribution in [3.63, 3.8) is 0 Å². The second kappa shape index (κ2) is 6.69. The van der Waals surface area contributed by atoms with Crippen LogP contribution in [0.1, 0.15) is 19.8 Å². The first-order valence-electron chi connectivity index (χ1n) is 6.87. The predicted octanol–water partition coefficient (Wildman–Crippen LogP) is 0.818. The molecule has 2 heterocycles. The Labute approximate surface area is 105 Å². The van der Waals surface area contributed by atoms with Crippen molar-refractivity contribution in [1.82, 2.24) is 9.80 Å². The lowest BCUT2D eigenvalue weighted by molar-refractivity contribution is 0.00106. The van der Waals surface area contributed by atoms with Gasteiger partial charge in [-0.05, 0) is 26.8 Å². The highest BCUT2D eigenvalue weighted by Gasteiger charge is 2.23. The van der Waals surface area contributed by atoms with Gasteiger partial charge in [-0.2, -0.15) is 0 Å². The summed E-state index contributed by atoms with van der Waals surface area (Å²) in [6.07, 6.45) is 2.37. The molecule has 0 bridgehead atoms.